The molecular formula is C15H19BrO5. The fourth-order valence-corrected chi connectivity index (χ4v) is 2.31. The molecule has 1 aromatic rings. The number of ether oxygens (including phenoxy) is 3. The summed E-state index contributed by atoms with van der Waals surface area (Å²) in [5, 5.41) is -0.940. The van der Waals surface area contributed by atoms with Gasteiger partial charge in [-0.05, 0) is 61.0 Å². The van der Waals surface area contributed by atoms with Gasteiger partial charge >= 0.3 is 5.97 Å². The van der Waals surface area contributed by atoms with E-state index in [4.69, 9.17) is 14.2 Å². The van der Waals surface area contributed by atoms with Crippen molar-refractivity contribution in [1.29, 1.82) is 0 Å². The molecule has 21 heavy (non-hydrogen) atoms. The zero-order chi connectivity index (χ0) is 16.0. The summed E-state index contributed by atoms with van der Waals surface area (Å²) in [7, 11) is 1.56. The van der Waals surface area contributed by atoms with Gasteiger partial charge in [0.1, 0.15) is 16.9 Å². The van der Waals surface area contributed by atoms with Gasteiger partial charge < -0.3 is 14.2 Å². The molecule has 0 saturated heterocycles. The molecule has 0 aliphatic carbocycles. The van der Waals surface area contributed by atoms with Crippen LogP contribution in [0.4, 0.5) is 0 Å². The predicted octanol–water partition coefficient (Wildman–Crippen LogP) is 2.95. The Morgan fingerprint density at radius 3 is 2.19 bits per heavy atom. The zero-order valence-electron chi connectivity index (χ0n) is 12.5. The highest BCUT2D eigenvalue weighted by molar-refractivity contribution is 9.09. The van der Waals surface area contributed by atoms with E-state index in [0.717, 1.165) is 0 Å². The number of hydrogen-bond donors (Lipinski definition) is 0. The first-order valence-corrected chi connectivity index (χ1v) is 7.40. The largest absolute Gasteiger partial charge is 0.497 e. The van der Waals surface area contributed by atoms with Gasteiger partial charge in [-0.25, -0.2) is 0 Å². The minimum absolute atomic E-state index is 0.224. The summed E-state index contributed by atoms with van der Waals surface area (Å²) in [5.41, 5.74) is -1.28. The highest BCUT2D eigenvalue weighted by Crippen LogP contribution is 2.26. The van der Waals surface area contributed by atoms with Crippen LogP contribution in [0.3, 0.4) is 0 Å². The number of rotatable bonds is 7. The minimum atomic E-state index is -1.28. The van der Waals surface area contributed by atoms with Gasteiger partial charge in [0.15, 0.2) is 0 Å². The summed E-state index contributed by atoms with van der Waals surface area (Å²) in [6, 6.07) is 6.79. The van der Waals surface area contributed by atoms with E-state index in [1.807, 2.05) is 0 Å². The van der Waals surface area contributed by atoms with E-state index in [1.165, 1.54) is 13.8 Å². The van der Waals surface area contributed by atoms with Gasteiger partial charge in [-0.15, -0.1) is 0 Å². The van der Waals surface area contributed by atoms with Crippen LogP contribution in [-0.4, -0.2) is 30.5 Å². The minimum Gasteiger partial charge on any atom is -0.497 e. The number of Topliss-reactive ketones (excluding diaryl/α,β-unsaturated/α-hetero) is 1. The lowest BCUT2D eigenvalue weighted by molar-refractivity contribution is -0.158. The molecule has 6 heteroatoms. The lowest BCUT2D eigenvalue weighted by Gasteiger charge is -2.23. The third kappa shape index (κ3) is 4.46. The van der Waals surface area contributed by atoms with Gasteiger partial charge in [-0.1, -0.05) is 0 Å². The summed E-state index contributed by atoms with van der Waals surface area (Å²) in [4.78, 5) is 24.1. The third-order valence-electron chi connectivity index (χ3n) is 2.91. The third-order valence-corrected chi connectivity index (χ3v) is 3.51. The van der Waals surface area contributed by atoms with Crippen molar-refractivity contribution < 1.29 is 23.8 Å². The quantitative estimate of drug-likeness (QED) is 0.426. The monoisotopic (exact) mass is 358 g/mol. The van der Waals surface area contributed by atoms with Crippen LogP contribution in [0.2, 0.25) is 0 Å². The standard InChI is InChI=1S/C15H19BrO5/c1-5-20-14(18)15(2,3)12(17)13(16)21-11-8-6-10(19-4)7-9-11/h6-9,13H,5H2,1-4H3. The number of halogens is 1. The van der Waals surface area contributed by atoms with Crippen LogP contribution >= 0.6 is 15.9 Å². The van der Waals surface area contributed by atoms with E-state index in [-0.39, 0.29) is 6.61 Å². The molecule has 0 N–H and O–H groups in total. The first kappa shape index (κ1) is 17.5. The molecule has 0 amide bonds. The molecule has 116 valence electrons. The molecule has 1 unspecified atom stereocenters. The maximum Gasteiger partial charge on any atom is 0.319 e. The number of carbonyl (C=O) groups excluding carboxylic acids is 2. The van der Waals surface area contributed by atoms with Crippen molar-refractivity contribution in [1.82, 2.24) is 0 Å². The summed E-state index contributed by atoms with van der Waals surface area (Å²) >= 11 is 3.16. The van der Waals surface area contributed by atoms with E-state index in [0.29, 0.717) is 11.5 Å². The van der Waals surface area contributed by atoms with Crippen LogP contribution < -0.4 is 9.47 Å². The number of methoxy groups -OCH3 is 1. The Morgan fingerprint density at radius 2 is 1.71 bits per heavy atom. The predicted molar refractivity (Wildman–Crippen MR) is 81.8 cm³/mol. The van der Waals surface area contributed by atoms with Crippen LogP contribution in [0, 0.1) is 5.41 Å². The zero-order valence-corrected chi connectivity index (χ0v) is 14.1. The van der Waals surface area contributed by atoms with Crippen LogP contribution in [-0.2, 0) is 14.3 Å². The van der Waals surface area contributed by atoms with Crippen LogP contribution in [0.1, 0.15) is 20.8 Å². The first-order valence-electron chi connectivity index (χ1n) is 6.49. The number of benzene rings is 1. The maximum absolute atomic E-state index is 12.3. The normalized spacial score (nSPS) is 12.4. The highest BCUT2D eigenvalue weighted by atomic mass is 79.9. The fraction of sp³-hybridized carbons (Fsp3) is 0.467. The molecule has 0 aliphatic rings. The molecule has 0 heterocycles. The highest BCUT2D eigenvalue weighted by Gasteiger charge is 2.41. The molecule has 1 atom stereocenters. The van der Waals surface area contributed by atoms with E-state index >= 15 is 0 Å². The average Bonchev–Trinajstić information content (AvgIpc) is 2.47. The Labute approximate surface area is 132 Å². The average molecular weight is 359 g/mol. The Kier molecular flexibility index (Phi) is 6.20. The molecule has 0 fully saturated rings. The lowest BCUT2D eigenvalue weighted by Crippen LogP contribution is -2.41. The van der Waals surface area contributed by atoms with E-state index in [2.05, 4.69) is 15.9 Å². The molecule has 0 aliphatic heterocycles. The Morgan fingerprint density at radius 1 is 1.19 bits per heavy atom. The molecule has 0 bridgehead atoms. The molecule has 0 saturated carbocycles. The Hall–Kier alpha value is -1.56. The van der Waals surface area contributed by atoms with Gasteiger partial charge in [0.2, 0.25) is 10.8 Å². The van der Waals surface area contributed by atoms with E-state index < -0.39 is 22.2 Å². The van der Waals surface area contributed by atoms with Gasteiger partial charge in [0.25, 0.3) is 0 Å². The second-order valence-electron chi connectivity index (χ2n) is 4.82. The smallest absolute Gasteiger partial charge is 0.319 e. The molecule has 1 rings (SSSR count). The SMILES string of the molecule is CCOC(=O)C(C)(C)C(=O)C(Br)Oc1ccc(OC)cc1. The number of carbonyl (C=O) groups is 2. The summed E-state index contributed by atoms with van der Waals surface area (Å²) in [6.45, 7) is 4.94. The molecule has 0 radical (unpaired) electrons. The number of ketones is 1. The second-order valence-corrected chi connectivity index (χ2v) is 5.65. The van der Waals surface area contributed by atoms with Gasteiger partial charge in [-0.3, -0.25) is 9.59 Å². The first-order chi connectivity index (χ1) is 9.82. The van der Waals surface area contributed by atoms with Crippen LogP contribution in [0.5, 0.6) is 11.5 Å². The topological polar surface area (TPSA) is 61.8 Å². The second kappa shape index (κ2) is 7.45. The Balaban J connectivity index is 2.75. The summed E-state index contributed by atoms with van der Waals surface area (Å²) in [6.07, 6.45) is 0. The van der Waals surface area contributed by atoms with Crippen molar-refractivity contribution >= 4 is 27.7 Å². The Bertz CT molecular complexity index is 495. The van der Waals surface area contributed by atoms with Crippen molar-refractivity contribution in [3.63, 3.8) is 0 Å². The summed E-state index contributed by atoms with van der Waals surface area (Å²) < 4.78 is 15.4. The van der Waals surface area contributed by atoms with Crippen LogP contribution in [0.25, 0.3) is 0 Å². The number of esters is 1. The molecular weight excluding hydrogens is 340 g/mol. The van der Waals surface area contributed by atoms with E-state index in [9.17, 15) is 9.59 Å². The van der Waals surface area contributed by atoms with Gasteiger partial charge in [0.05, 0.1) is 13.7 Å². The van der Waals surface area contributed by atoms with Gasteiger partial charge in [0, 0.05) is 0 Å². The lowest BCUT2D eigenvalue weighted by atomic mass is 9.88. The number of alkyl halides is 1. The van der Waals surface area contributed by atoms with Crippen molar-refractivity contribution in [3.05, 3.63) is 24.3 Å². The van der Waals surface area contributed by atoms with Crippen molar-refractivity contribution in [2.24, 2.45) is 5.41 Å². The molecule has 1 aromatic carbocycles. The number of hydrogen-bond acceptors (Lipinski definition) is 5. The van der Waals surface area contributed by atoms with Crippen molar-refractivity contribution in [3.8, 4) is 11.5 Å². The van der Waals surface area contributed by atoms with Crippen molar-refractivity contribution in [2.45, 2.75) is 25.8 Å². The molecule has 0 aromatic heterocycles. The summed E-state index contributed by atoms with van der Waals surface area (Å²) in [5.74, 6) is 0.201. The maximum atomic E-state index is 12.3. The fourth-order valence-electron chi connectivity index (χ4n) is 1.52. The van der Waals surface area contributed by atoms with Crippen molar-refractivity contribution in [2.75, 3.05) is 13.7 Å². The molecule has 5 nitrogen and oxygen atoms in total. The van der Waals surface area contributed by atoms with Gasteiger partial charge in [-0.2, -0.15) is 0 Å². The molecule has 0 spiro atoms. The van der Waals surface area contributed by atoms with E-state index in [1.54, 1.807) is 38.3 Å². The van der Waals surface area contributed by atoms with Crippen LogP contribution in [0.15, 0.2) is 24.3 Å².